The number of piperazine rings is 1. The Hall–Kier alpha value is -3.64. The molecule has 1 aromatic heterocycles. The third-order valence-corrected chi connectivity index (χ3v) is 8.63. The Morgan fingerprint density at radius 1 is 1.00 bits per heavy atom. The molecular formula is C33H48N6O6. The van der Waals surface area contributed by atoms with Crippen molar-refractivity contribution in [3.8, 4) is 6.01 Å². The van der Waals surface area contributed by atoms with Crippen LogP contribution < -0.4 is 9.64 Å². The standard InChI is InChI=1S/C33H48N6O6/c1-33(2,3)45-32(41)39-18-17-37(20-25(39)14-19-42-5)29-27-13-16-38(31(40)44-22-24-10-7-6-8-11-24)21-28(27)34-30(35-29)43-23-26-12-9-15-36(26)4/h6-8,10-11,25-26H,9,12-23H2,1-5H3. The first-order valence-corrected chi connectivity index (χ1v) is 16.0. The van der Waals surface area contributed by atoms with E-state index in [1.54, 1.807) is 12.0 Å². The van der Waals surface area contributed by atoms with Gasteiger partial charge in [-0.2, -0.15) is 9.97 Å². The quantitative estimate of drug-likeness (QED) is 0.404. The number of hydrogen-bond acceptors (Lipinski definition) is 10. The van der Waals surface area contributed by atoms with E-state index in [1.807, 2.05) is 56.0 Å². The molecule has 2 fully saturated rings. The van der Waals surface area contributed by atoms with E-state index in [2.05, 4.69) is 16.8 Å². The minimum absolute atomic E-state index is 0.122. The Morgan fingerprint density at radius 3 is 2.51 bits per heavy atom. The fraction of sp³-hybridized carbons (Fsp3) is 0.636. The van der Waals surface area contributed by atoms with Crippen LogP contribution in [-0.2, 0) is 33.8 Å². The Bertz CT molecular complexity index is 1300. The van der Waals surface area contributed by atoms with Gasteiger partial charge in [-0.3, -0.25) is 0 Å². The van der Waals surface area contributed by atoms with Gasteiger partial charge in [0, 0.05) is 51.5 Å². The summed E-state index contributed by atoms with van der Waals surface area (Å²) in [6.45, 7) is 10.4. The zero-order valence-corrected chi connectivity index (χ0v) is 27.4. The van der Waals surface area contributed by atoms with Gasteiger partial charge in [0.1, 0.15) is 24.6 Å². The van der Waals surface area contributed by atoms with E-state index in [0.29, 0.717) is 70.8 Å². The van der Waals surface area contributed by atoms with Crippen LogP contribution in [0.4, 0.5) is 15.4 Å². The van der Waals surface area contributed by atoms with Crippen LogP contribution in [0.5, 0.6) is 6.01 Å². The third kappa shape index (κ3) is 8.55. The van der Waals surface area contributed by atoms with Crippen molar-refractivity contribution < 1.29 is 28.5 Å². The highest BCUT2D eigenvalue weighted by atomic mass is 16.6. The van der Waals surface area contributed by atoms with Gasteiger partial charge in [-0.25, -0.2) is 9.59 Å². The minimum Gasteiger partial charge on any atom is -0.462 e. The number of anilines is 1. The molecule has 2 amide bonds. The summed E-state index contributed by atoms with van der Waals surface area (Å²) in [7, 11) is 3.78. The summed E-state index contributed by atoms with van der Waals surface area (Å²) in [5.74, 6) is 0.804. The average molecular weight is 625 g/mol. The van der Waals surface area contributed by atoms with Crippen LogP contribution in [-0.4, -0.2) is 115 Å². The van der Waals surface area contributed by atoms with Crippen molar-refractivity contribution in [3.05, 3.63) is 47.2 Å². The van der Waals surface area contributed by atoms with Gasteiger partial charge in [-0.1, -0.05) is 30.3 Å². The van der Waals surface area contributed by atoms with Crippen LogP contribution in [0, 0.1) is 0 Å². The van der Waals surface area contributed by atoms with Crippen molar-refractivity contribution in [2.75, 3.05) is 65.0 Å². The second-order valence-corrected chi connectivity index (χ2v) is 13.1. The van der Waals surface area contributed by atoms with Crippen LogP contribution >= 0.6 is 0 Å². The van der Waals surface area contributed by atoms with Crippen molar-refractivity contribution in [3.63, 3.8) is 0 Å². The predicted octanol–water partition coefficient (Wildman–Crippen LogP) is 4.11. The molecule has 3 aliphatic rings. The lowest BCUT2D eigenvalue weighted by molar-refractivity contribution is 0.0105. The first-order valence-electron chi connectivity index (χ1n) is 16.0. The van der Waals surface area contributed by atoms with Gasteiger partial charge in [0.2, 0.25) is 0 Å². The molecule has 2 atom stereocenters. The van der Waals surface area contributed by atoms with Crippen LogP contribution in [0.1, 0.15) is 56.9 Å². The van der Waals surface area contributed by atoms with Gasteiger partial charge in [-0.05, 0) is 65.6 Å². The molecule has 12 nitrogen and oxygen atoms in total. The van der Waals surface area contributed by atoms with Crippen molar-refractivity contribution in [1.82, 2.24) is 24.7 Å². The molecule has 1 aromatic carbocycles. The molecule has 0 aliphatic carbocycles. The van der Waals surface area contributed by atoms with E-state index in [-0.39, 0.29) is 24.8 Å². The molecule has 5 rings (SSSR count). The Labute approximate surface area is 266 Å². The average Bonchev–Trinajstić information content (AvgIpc) is 3.44. The Balaban J connectivity index is 1.36. The number of rotatable bonds is 9. The smallest absolute Gasteiger partial charge is 0.410 e. The predicted molar refractivity (Wildman–Crippen MR) is 169 cm³/mol. The van der Waals surface area contributed by atoms with Gasteiger partial charge < -0.3 is 38.5 Å². The third-order valence-electron chi connectivity index (χ3n) is 8.63. The summed E-state index contributed by atoms with van der Waals surface area (Å²) in [6, 6.07) is 10.2. The first kappa shape index (κ1) is 32.7. The second kappa shape index (κ2) is 14.6. The highest BCUT2D eigenvalue weighted by Crippen LogP contribution is 2.31. The Kier molecular flexibility index (Phi) is 10.7. The molecule has 2 aromatic rings. The maximum absolute atomic E-state index is 13.1. The molecular weight excluding hydrogens is 576 g/mol. The van der Waals surface area contributed by atoms with Gasteiger partial charge >= 0.3 is 18.2 Å². The summed E-state index contributed by atoms with van der Waals surface area (Å²) < 4.78 is 23.0. The van der Waals surface area contributed by atoms with E-state index in [1.165, 1.54) is 0 Å². The first-order chi connectivity index (χ1) is 21.6. The molecule has 2 unspecified atom stereocenters. The summed E-state index contributed by atoms with van der Waals surface area (Å²) in [6.07, 6.45) is 2.78. The molecule has 0 N–H and O–H groups in total. The number of carbonyl (C=O) groups is 2. The molecule has 12 heteroatoms. The van der Waals surface area contributed by atoms with Crippen LogP contribution in [0.15, 0.2) is 30.3 Å². The van der Waals surface area contributed by atoms with E-state index in [9.17, 15) is 9.59 Å². The molecule has 4 heterocycles. The number of methoxy groups -OCH3 is 1. The van der Waals surface area contributed by atoms with Crippen molar-refractivity contribution in [2.45, 2.75) is 77.3 Å². The van der Waals surface area contributed by atoms with Gasteiger partial charge in [0.15, 0.2) is 0 Å². The monoisotopic (exact) mass is 624 g/mol. The number of likely N-dealkylation sites (N-methyl/N-ethyl adjacent to an activating group) is 1. The molecule has 0 bridgehead atoms. The fourth-order valence-corrected chi connectivity index (χ4v) is 6.15. The SMILES string of the molecule is COCCC1CN(c2nc(OCC3CCCN3C)nc3c2CCN(C(=O)OCc2ccccc2)C3)CCN1C(=O)OC(C)(C)C. The van der Waals surface area contributed by atoms with E-state index >= 15 is 0 Å². The largest absolute Gasteiger partial charge is 0.462 e. The second-order valence-electron chi connectivity index (χ2n) is 13.1. The highest BCUT2D eigenvalue weighted by molar-refractivity contribution is 5.70. The van der Waals surface area contributed by atoms with E-state index in [4.69, 9.17) is 28.9 Å². The minimum atomic E-state index is -0.584. The van der Waals surface area contributed by atoms with Crippen LogP contribution in [0.25, 0.3) is 0 Å². The maximum atomic E-state index is 13.1. The normalized spacial score (nSPS) is 20.6. The van der Waals surface area contributed by atoms with Gasteiger partial charge in [-0.15, -0.1) is 0 Å². The molecule has 0 saturated carbocycles. The number of aromatic nitrogens is 2. The zero-order valence-electron chi connectivity index (χ0n) is 27.4. The summed E-state index contributed by atoms with van der Waals surface area (Å²) >= 11 is 0. The maximum Gasteiger partial charge on any atom is 0.410 e. The molecule has 3 aliphatic heterocycles. The lowest BCUT2D eigenvalue weighted by atomic mass is 10.0. The number of carbonyl (C=O) groups excluding carboxylic acids is 2. The topological polar surface area (TPSA) is 110 Å². The summed E-state index contributed by atoms with van der Waals surface area (Å²) in [4.78, 5) is 44.0. The lowest BCUT2D eigenvalue weighted by Gasteiger charge is -2.43. The summed E-state index contributed by atoms with van der Waals surface area (Å²) in [5, 5.41) is 0. The number of benzene rings is 1. The molecule has 0 radical (unpaired) electrons. The number of likely N-dealkylation sites (tertiary alicyclic amines) is 1. The molecule has 45 heavy (non-hydrogen) atoms. The highest BCUT2D eigenvalue weighted by Gasteiger charge is 2.36. The van der Waals surface area contributed by atoms with Gasteiger partial charge in [0.05, 0.1) is 18.3 Å². The van der Waals surface area contributed by atoms with E-state index < -0.39 is 5.60 Å². The van der Waals surface area contributed by atoms with E-state index in [0.717, 1.165) is 42.0 Å². The molecule has 246 valence electrons. The van der Waals surface area contributed by atoms with Gasteiger partial charge in [0.25, 0.3) is 0 Å². The van der Waals surface area contributed by atoms with Crippen molar-refractivity contribution in [2.24, 2.45) is 0 Å². The summed E-state index contributed by atoms with van der Waals surface area (Å²) in [5.41, 5.74) is 2.12. The number of amides is 2. The lowest BCUT2D eigenvalue weighted by Crippen LogP contribution is -2.57. The number of fused-ring (bicyclic) bond motifs is 1. The number of ether oxygens (including phenoxy) is 4. The fourth-order valence-electron chi connectivity index (χ4n) is 6.15. The van der Waals surface area contributed by atoms with Crippen LogP contribution in [0.3, 0.4) is 0 Å². The number of hydrogen-bond donors (Lipinski definition) is 0. The van der Waals surface area contributed by atoms with Crippen molar-refractivity contribution >= 4 is 18.0 Å². The van der Waals surface area contributed by atoms with Crippen LogP contribution in [0.2, 0.25) is 0 Å². The number of nitrogens with zero attached hydrogens (tertiary/aromatic N) is 6. The Morgan fingerprint density at radius 2 is 1.80 bits per heavy atom. The van der Waals surface area contributed by atoms with Crippen molar-refractivity contribution in [1.29, 1.82) is 0 Å². The molecule has 2 saturated heterocycles. The zero-order chi connectivity index (χ0) is 32.0. The molecule has 0 spiro atoms.